The molecule has 0 aliphatic carbocycles. The first-order valence-electron chi connectivity index (χ1n) is 7.82. The number of amides is 1. The fourth-order valence-electron chi connectivity index (χ4n) is 2.82. The molecule has 1 fully saturated rings. The van der Waals surface area contributed by atoms with Crippen LogP contribution >= 0.6 is 11.3 Å². The lowest BCUT2D eigenvalue weighted by Crippen LogP contribution is -2.41. The molecule has 2 heterocycles. The first kappa shape index (κ1) is 17.2. The van der Waals surface area contributed by atoms with Crippen molar-refractivity contribution in [2.75, 3.05) is 24.5 Å². The van der Waals surface area contributed by atoms with Crippen LogP contribution in [-0.4, -0.2) is 52.7 Å². The lowest BCUT2D eigenvalue weighted by atomic mass is 9.96. The second-order valence-electron chi connectivity index (χ2n) is 5.86. The van der Waals surface area contributed by atoms with Crippen LogP contribution in [0.1, 0.15) is 23.2 Å². The van der Waals surface area contributed by atoms with E-state index in [9.17, 15) is 14.4 Å². The minimum atomic E-state index is -1.05. The van der Waals surface area contributed by atoms with Crippen molar-refractivity contribution in [1.82, 2.24) is 10.3 Å². The average Bonchev–Trinajstić information content (AvgIpc) is 3.02. The van der Waals surface area contributed by atoms with E-state index in [2.05, 4.69) is 15.2 Å². The molecule has 8 nitrogen and oxygen atoms in total. The van der Waals surface area contributed by atoms with E-state index in [4.69, 9.17) is 10.2 Å². The summed E-state index contributed by atoms with van der Waals surface area (Å²) in [6.45, 7) is 0.941. The lowest BCUT2D eigenvalue weighted by molar-refractivity contribution is -0.138. The first-order valence-corrected chi connectivity index (χ1v) is 8.64. The van der Waals surface area contributed by atoms with E-state index in [0.717, 1.165) is 15.3 Å². The normalized spacial score (nSPS) is 15.3. The zero-order valence-corrected chi connectivity index (χ0v) is 14.1. The minimum absolute atomic E-state index is 0.191. The molecule has 0 spiro atoms. The number of nitrogens with zero attached hydrogens (tertiary/aromatic N) is 2. The molecule has 0 atom stereocenters. The molecule has 1 saturated heterocycles. The van der Waals surface area contributed by atoms with Crippen molar-refractivity contribution in [3.8, 4) is 0 Å². The summed E-state index contributed by atoms with van der Waals surface area (Å²) in [6, 6.07) is 4.85. The second kappa shape index (κ2) is 7.06. The van der Waals surface area contributed by atoms with Gasteiger partial charge in [0.15, 0.2) is 5.13 Å². The molecule has 3 N–H and O–H groups in total. The Morgan fingerprint density at radius 3 is 2.60 bits per heavy atom. The number of aromatic carboxylic acids is 1. The summed E-state index contributed by atoms with van der Waals surface area (Å²) >= 11 is 1.43. The standard InChI is InChI=1S/C16H17N3O5S/c20-13(21)8-17-14(22)9-3-5-19(6-4-9)16-18-11-2-1-10(15(23)24)7-12(11)25-16/h1-2,7,9H,3-6,8H2,(H,17,22)(H,20,21)(H,23,24). The molecule has 1 amide bonds. The molecule has 1 aromatic carbocycles. The van der Waals surface area contributed by atoms with E-state index < -0.39 is 11.9 Å². The highest BCUT2D eigenvalue weighted by atomic mass is 32.1. The van der Waals surface area contributed by atoms with E-state index in [-0.39, 0.29) is 23.9 Å². The summed E-state index contributed by atoms with van der Waals surface area (Å²) < 4.78 is 0.816. The predicted molar refractivity (Wildman–Crippen MR) is 92.2 cm³/mol. The van der Waals surface area contributed by atoms with Crippen LogP contribution in [0.15, 0.2) is 18.2 Å². The number of hydrogen-bond donors (Lipinski definition) is 3. The number of anilines is 1. The Hall–Kier alpha value is -2.68. The van der Waals surface area contributed by atoms with Crippen molar-refractivity contribution in [3.05, 3.63) is 23.8 Å². The number of thiazole rings is 1. The Labute approximate surface area is 147 Å². The number of carbonyl (C=O) groups excluding carboxylic acids is 1. The highest BCUT2D eigenvalue weighted by Gasteiger charge is 2.26. The molecule has 9 heteroatoms. The van der Waals surface area contributed by atoms with Gasteiger partial charge in [0.25, 0.3) is 0 Å². The van der Waals surface area contributed by atoms with E-state index in [0.29, 0.717) is 25.9 Å². The van der Waals surface area contributed by atoms with Crippen molar-refractivity contribution in [3.63, 3.8) is 0 Å². The van der Waals surface area contributed by atoms with Crippen LogP contribution in [0.3, 0.4) is 0 Å². The lowest BCUT2D eigenvalue weighted by Gasteiger charge is -2.30. The monoisotopic (exact) mass is 363 g/mol. The van der Waals surface area contributed by atoms with Crippen LogP contribution in [-0.2, 0) is 9.59 Å². The maximum absolute atomic E-state index is 11.9. The molecule has 2 aromatic rings. The molecule has 0 saturated carbocycles. The Balaban J connectivity index is 1.64. The molecular formula is C16H17N3O5S. The number of benzene rings is 1. The van der Waals surface area contributed by atoms with Gasteiger partial charge in [-0.15, -0.1) is 0 Å². The Morgan fingerprint density at radius 2 is 1.96 bits per heavy atom. The van der Waals surface area contributed by atoms with Crippen LogP contribution in [0.25, 0.3) is 10.2 Å². The predicted octanol–water partition coefficient (Wildman–Crippen LogP) is 1.41. The highest BCUT2D eigenvalue weighted by molar-refractivity contribution is 7.22. The molecule has 25 heavy (non-hydrogen) atoms. The Kier molecular flexibility index (Phi) is 4.84. The fourth-order valence-corrected chi connectivity index (χ4v) is 3.88. The summed E-state index contributed by atoms with van der Waals surface area (Å²) in [7, 11) is 0. The number of hydrogen-bond acceptors (Lipinski definition) is 6. The Morgan fingerprint density at radius 1 is 1.24 bits per heavy atom. The van der Waals surface area contributed by atoms with Gasteiger partial charge < -0.3 is 20.4 Å². The van der Waals surface area contributed by atoms with Gasteiger partial charge in [-0.2, -0.15) is 0 Å². The number of aliphatic carboxylic acids is 1. The van der Waals surface area contributed by atoms with Gasteiger partial charge in [0.2, 0.25) is 5.91 Å². The van der Waals surface area contributed by atoms with Crippen molar-refractivity contribution in [1.29, 1.82) is 0 Å². The largest absolute Gasteiger partial charge is 0.480 e. The van der Waals surface area contributed by atoms with Gasteiger partial charge in [-0.1, -0.05) is 11.3 Å². The molecule has 132 valence electrons. The molecule has 0 bridgehead atoms. The smallest absolute Gasteiger partial charge is 0.335 e. The van der Waals surface area contributed by atoms with E-state index in [1.807, 2.05) is 0 Å². The van der Waals surface area contributed by atoms with Crippen LogP contribution in [0.2, 0.25) is 0 Å². The third-order valence-electron chi connectivity index (χ3n) is 4.17. The van der Waals surface area contributed by atoms with Gasteiger partial charge in [0, 0.05) is 19.0 Å². The quantitative estimate of drug-likeness (QED) is 0.734. The number of fused-ring (bicyclic) bond motifs is 1. The molecule has 1 aromatic heterocycles. The minimum Gasteiger partial charge on any atom is -0.480 e. The number of carbonyl (C=O) groups is 3. The number of piperidine rings is 1. The van der Waals surface area contributed by atoms with Crippen molar-refractivity contribution in [2.24, 2.45) is 5.92 Å². The van der Waals surface area contributed by atoms with Crippen molar-refractivity contribution < 1.29 is 24.6 Å². The van der Waals surface area contributed by atoms with E-state index in [1.165, 1.54) is 17.4 Å². The van der Waals surface area contributed by atoms with E-state index in [1.54, 1.807) is 12.1 Å². The topological polar surface area (TPSA) is 120 Å². The highest BCUT2D eigenvalue weighted by Crippen LogP contribution is 2.32. The van der Waals surface area contributed by atoms with Crippen LogP contribution in [0, 0.1) is 5.92 Å². The van der Waals surface area contributed by atoms with Crippen LogP contribution in [0.5, 0.6) is 0 Å². The number of aromatic nitrogens is 1. The van der Waals surface area contributed by atoms with Crippen LogP contribution < -0.4 is 10.2 Å². The summed E-state index contributed by atoms with van der Waals surface area (Å²) in [4.78, 5) is 40.1. The maximum atomic E-state index is 11.9. The van der Waals surface area contributed by atoms with Gasteiger partial charge in [-0.25, -0.2) is 9.78 Å². The number of carboxylic acid groups (broad SMARTS) is 2. The molecule has 3 rings (SSSR count). The van der Waals surface area contributed by atoms with Gasteiger partial charge in [0.1, 0.15) is 6.54 Å². The molecule has 1 aliphatic rings. The average molecular weight is 363 g/mol. The number of rotatable bonds is 5. The van der Waals surface area contributed by atoms with E-state index >= 15 is 0 Å². The summed E-state index contributed by atoms with van der Waals surface area (Å²) in [5.74, 6) is -2.44. The zero-order valence-electron chi connectivity index (χ0n) is 13.3. The third-order valence-corrected chi connectivity index (χ3v) is 5.25. The second-order valence-corrected chi connectivity index (χ2v) is 6.87. The molecule has 0 radical (unpaired) electrons. The third kappa shape index (κ3) is 3.87. The maximum Gasteiger partial charge on any atom is 0.335 e. The summed E-state index contributed by atoms with van der Waals surface area (Å²) in [6.07, 6.45) is 1.25. The molecule has 0 unspecified atom stereocenters. The van der Waals surface area contributed by atoms with Gasteiger partial charge in [0.05, 0.1) is 15.8 Å². The van der Waals surface area contributed by atoms with Gasteiger partial charge >= 0.3 is 11.9 Å². The van der Waals surface area contributed by atoms with Crippen molar-refractivity contribution >= 4 is 44.5 Å². The molecule has 1 aliphatic heterocycles. The summed E-state index contributed by atoms with van der Waals surface area (Å²) in [5.41, 5.74) is 0.989. The first-order chi connectivity index (χ1) is 11.9. The fraction of sp³-hybridized carbons (Fsp3) is 0.375. The Bertz CT molecular complexity index is 826. The number of carboxylic acids is 2. The SMILES string of the molecule is O=C(O)CNC(=O)C1CCN(c2nc3ccc(C(=O)O)cc3s2)CC1. The summed E-state index contributed by atoms with van der Waals surface area (Å²) in [5, 5.41) is 20.9. The van der Waals surface area contributed by atoms with Gasteiger partial charge in [-0.05, 0) is 31.0 Å². The van der Waals surface area contributed by atoms with Crippen LogP contribution in [0.4, 0.5) is 5.13 Å². The molecular weight excluding hydrogens is 346 g/mol. The van der Waals surface area contributed by atoms with Crippen molar-refractivity contribution in [2.45, 2.75) is 12.8 Å². The number of nitrogens with one attached hydrogen (secondary N) is 1. The van der Waals surface area contributed by atoms with Gasteiger partial charge in [-0.3, -0.25) is 9.59 Å². The zero-order chi connectivity index (χ0) is 18.0.